The molecule has 0 radical (unpaired) electrons. The standard InChI is InChI=1S/C31H27N5O2S/c1-18(37)28-10-11-29(39-28)23-8-5-9-26-24(23)14-27(34-26)30-25-13-20(16-33-31(25)36-35-30)19-12-22(17-32-15-19)38-21-6-3-2-4-7-21/h5,8-17,21,34H,2-4,6-7H2,1H3,(H,33,35,36). The zero-order valence-electron chi connectivity index (χ0n) is 21.5. The molecule has 8 heteroatoms. The summed E-state index contributed by atoms with van der Waals surface area (Å²) < 4.78 is 6.25. The van der Waals surface area contributed by atoms with Crippen molar-refractivity contribution >= 4 is 39.1 Å². The Labute approximate surface area is 229 Å². The Balaban J connectivity index is 1.25. The van der Waals surface area contributed by atoms with Gasteiger partial charge in [-0.15, -0.1) is 11.3 Å². The second kappa shape index (κ2) is 9.78. The highest BCUT2D eigenvalue weighted by molar-refractivity contribution is 7.17. The van der Waals surface area contributed by atoms with Gasteiger partial charge in [0.25, 0.3) is 0 Å². The van der Waals surface area contributed by atoms with E-state index in [0.29, 0.717) is 5.65 Å². The molecule has 2 N–H and O–H groups in total. The number of aromatic nitrogens is 5. The fourth-order valence-corrected chi connectivity index (χ4v) is 6.40. The minimum Gasteiger partial charge on any atom is -0.489 e. The molecular weight excluding hydrogens is 506 g/mol. The Morgan fingerprint density at radius 1 is 0.974 bits per heavy atom. The van der Waals surface area contributed by atoms with E-state index in [4.69, 9.17) is 4.74 Å². The van der Waals surface area contributed by atoms with Gasteiger partial charge in [-0.3, -0.25) is 14.9 Å². The number of aromatic amines is 2. The van der Waals surface area contributed by atoms with Gasteiger partial charge in [-0.2, -0.15) is 5.10 Å². The number of ether oxygens (including phenoxy) is 1. The van der Waals surface area contributed by atoms with Crippen molar-refractivity contribution in [1.29, 1.82) is 0 Å². The fourth-order valence-electron chi connectivity index (χ4n) is 5.46. The van der Waals surface area contributed by atoms with Gasteiger partial charge in [0.15, 0.2) is 11.4 Å². The Morgan fingerprint density at radius 2 is 1.85 bits per heavy atom. The summed E-state index contributed by atoms with van der Waals surface area (Å²) in [7, 11) is 0. The van der Waals surface area contributed by atoms with Crippen LogP contribution in [-0.2, 0) is 0 Å². The molecule has 0 amide bonds. The maximum absolute atomic E-state index is 11.9. The number of hydrogen-bond acceptors (Lipinski definition) is 6. The molecule has 5 aromatic heterocycles. The van der Waals surface area contributed by atoms with E-state index in [9.17, 15) is 4.79 Å². The van der Waals surface area contributed by atoms with Crippen molar-refractivity contribution in [1.82, 2.24) is 25.1 Å². The van der Waals surface area contributed by atoms with Crippen molar-refractivity contribution in [3.63, 3.8) is 0 Å². The second-order valence-corrected chi connectivity index (χ2v) is 11.2. The number of fused-ring (bicyclic) bond motifs is 2. The summed E-state index contributed by atoms with van der Waals surface area (Å²) in [6.07, 6.45) is 11.7. The first-order chi connectivity index (χ1) is 19.1. The molecule has 1 aromatic carbocycles. The van der Waals surface area contributed by atoms with Crippen molar-refractivity contribution < 1.29 is 9.53 Å². The van der Waals surface area contributed by atoms with Gasteiger partial charge in [0, 0.05) is 50.3 Å². The quantitative estimate of drug-likeness (QED) is 0.213. The van der Waals surface area contributed by atoms with Crippen molar-refractivity contribution in [3.05, 3.63) is 72.0 Å². The van der Waals surface area contributed by atoms with Gasteiger partial charge in [-0.05, 0) is 69.0 Å². The number of nitrogens with one attached hydrogen (secondary N) is 2. The van der Waals surface area contributed by atoms with Crippen LogP contribution in [0.1, 0.15) is 48.7 Å². The predicted molar refractivity (Wildman–Crippen MR) is 155 cm³/mol. The molecule has 6 aromatic rings. The number of pyridine rings is 2. The zero-order valence-corrected chi connectivity index (χ0v) is 22.3. The first-order valence-corrected chi connectivity index (χ1v) is 14.1. The van der Waals surface area contributed by atoms with E-state index >= 15 is 0 Å². The van der Waals surface area contributed by atoms with E-state index in [-0.39, 0.29) is 11.9 Å². The number of Topliss-reactive ketones (excluding diaryl/α,β-unsaturated/α-hetero) is 1. The van der Waals surface area contributed by atoms with E-state index in [1.54, 1.807) is 13.1 Å². The average molecular weight is 534 g/mol. The van der Waals surface area contributed by atoms with E-state index < -0.39 is 0 Å². The Bertz CT molecular complexity index is 1830. The van der Waals surface area contributed by atoms with Crippen LogP contribution in [0.25, 0.3) is 54.9 Å². The second-order valence-electron chi connectivity index (χ2n) is 10.2. The number of thiophene rings is 1. The van der Waals surface area contributed by atoms with Gasteiger partial charge in [0.1, 0.15) is 5.75 Å². The molecule has 0 aliphatic heterocycles. The van der Waals surface area contributed by atoms with Crippen molar-refractivity contribution in [2.24, 2.45) is 0 Å². The van der Waals surface area contributed by atoms with E-state index in [0.717, 1.165) is 72.7 Å². The average Bonchev–Trinajstić information content (AvgIpc) is 3.71. The number of carbonyl (C=O) groups excluding carboxylic acids is 1. The van der Waals surface area contributed by atoms with Crippen LogP contribution in [-0.4, -0.2) is 37.0 Å². The molecule has 7 rings (SSSR count). The lowest BCUT2D eigenvalue weighted by molar-refractivity contribution is 0.102. The predicted octanol–water partition coefficient (Wildman–Crippen LogP) is 7.81. The third-order valence-electron chi connectivity index (χ3n) is 7.46. The van der Waals surface area contributed by atoms with E-state index in [2.05, 4.69) is 55.5 Å². The summed E-state index contributed by atoms with van der Waals surface area (Å²) in [5.41, 5.74) is 6.48. The molecule has 1 saturated carbocycles. The Kier molecular flexibility index (Phi) is 5.97. The van der Waals surface area contributed by atoms with Crippen LogP contribution in [0.5, 0.6) is 5.75 Å². The molecular formula is C31H27N5O2S. The number of hydrogen-bond donors (Lipinski definition) is 2. The minimum atomic E-state index is 0.0849. The minimum absolute atomic E-state index is 0.0849. The topological polar surface area (TPSA) is 96.6 Å². The van der Waals surface area contributed by atoms with Gasteiger partial charge in [0.2, 0.25) is 0 Å². The Morgan fingerprint density at radius 3 is 2.69 bits per heavy atom. The number of rotatable bonds is 6. The van der Waals surface area contributed by atoms with Crippen LogP contribution < -0.4 is 4.74 Å². The first kappa shape index (κ1) is 23.8. The molecule has 1 fully saturated rings. The van der Waals surface area contributed by atoms with Crippen LogP contribution in [0.2, 0.25) is 0 Å². The highest BCUT2D eigenvalue weighted by Gasteiger charge is 2.17. The van der Waals surface area contributed by atoms with Crippen LogP contribution in [0.4, 0.5) is 0 Å². The van der Waals surface area contributed by atoms with Crippen LogP contribution in [0.15, 0.2) is 67.1 Å². The lowest BCUT2D eigenvalue weighted by Crippen LogP contribution is -2.19. The molecule has 39 heavy (non-hydrogen) atoms. The zero-order chi connectivity index (χ0) is 26.3. The normalized spacial score (nSPS) is 14.3. The highest BCUT2D eigenvalue weighted by atomic mass is 32.1. The molecule has 1 aliphatic rings. The van der Waals surface area contributed by atoms with Gasteiger partial charge < -0.3 is 9.72 Å². The van der Waals surface area contributed by atoms with Crippen LogP contribution >= 0.6 is 11.3 Å². The van der Waals surface area contributed by atoms with Crippen molar-refractivity contribution in [2.75, 3.05) is 0 Å². The molecule has 0 saturated heterocycles. The molecule has 0 atom stereocenters. The summed E-state index contributed by atoms with van der Waals surface area (Å²) in [6.45, 7) is 1.60. The lowest BCUT2D eigenvalue weighted by atomic mass is 9.98. The van der Waals surface area contributed by atoms with Gasteiger partial charge in [-0.1, -0.05) is 18.6 Å². The highest BCUT2D eigenvalue weighted by Crippen LogP contribution is 2.37. The van der Waals surface area contributed by atoms with Crippen molar-refractivity contribution in [2.45, 2.75) is 45.1 Å². The van der Waals surface area contributed by atoms with E-state index in [1.165, 1.54) is 30.6 Å². The molecule has 5 heterocycles. The monoisotopic (exact) mass is 533 g/mol. The molecule has 0 bridgehead atoms. The number of benzene rings is 1. The SMILES string of the molecule is CC(=O)c1ccc(-c2cccc3[nH]c(-c4[nH]nc5ncc(-c6cncc(OC7CCCCC7)c6)cc45)cc23)s1. The van der Waals surface area contributed by atoms with Crippen molar-refractivity contribution in [3.8, 4) is 38.7 Å². The third-order valence-corrected chi connectivity index (χ3v) is 8.68. The smallest absolute Gasteiger partial charge is 0.181 e. The summed E-state index contributed by atoms with van der Waals surface area (Å²) in [6, 6.07) is 16.4. The van der Waals surface area contributed by atoms with Gasteiger partial charge in [-0.25, -0.2) is 4.98 Å². The maximum atomic E-state index is 11.9. The third kappa shape index (κ3) is 4.51. The molecule has 194 valence electrons. The summed E-state index contributed by atoms with van der Waals surface area (Å²) >= 11 is 1.52. The fraction of sp³-hybridized carbons (Fsp3) is 0.226. The number of carbonyl (C=O) groups is 1. The molecule has 0 unspecified atom stereocenters. The number of H-pyrrole nitrogens is 2. The molecule has 7 nitrogen and oxygen atoms in total. The summed E-state index contributed by atoms with van der Waals surface area (Å²) in [5, 5.41) is 9.67. The van der Waals surface area contributed by atoms with Gasteiger partial charge in [0.05, 0.1) is 28.6 Å². The van der Waals surface area contributed by atoms with Gasteiger partial charge >= 0.3 is 0 Å². The first-order valence-electron chi connectivity index (χ1n) is 13.3. The maximum Gasteiger partial charge on any atom is 0.181 e. The van der Waals surface area contributed by atoms with Crippen LogP contribution in [0.3, 0.4) is 0 Å². The largest absolute Gasteiger partial charge is 0.489 e. The molecule has 0 spiro atoms. The van der Waals surface area contributed by atoms with Crippen LogP contribution in [0, 0.1) is 0 Å². The number of ketones is 1. The summed E-state index contributed by atoms with van der Waals surface area (Å²) in [5.74, 6) is 0.887. The Hall–Kier alpha value is -4.30. The molecule has 1 aliphatic carbocycles. The lowest BCUT2D eigenvalue weighted by Gasteiger charge is -2.23. The van der Waals surface area contributed by atoms with E-state index in [1.807, 2.05) is 30.6 Å². The number of nitrogens with zero attached hydrogens (tertiary/aromatic N) is 3. The summed E-state index contributed by atoms with van der Waals surface area (Å²) in [4.78, 5) is 26.3.